The van der Waals surface area contributed by atoms with Crippen LogP contribution in [0.4, 0.5) is 4.79 Å². The molecule has 2 aromatic carbocycles. The minimum Gasteiger partial charge on any atom is -0.480 e. The third-order valence-corrected chi connectivity index (χ3v) is 7.44. The Bertz CT molecular complexity index is 1050. The fraction of sp³-hybridized carbons (Fsp3) is 0.464. The maximum Gasteiger partial charge on any atom is 0.407 e. The Labute approximate surface area is 206 Å². The van der Waals surface area contributed by atoms with Gasteiger partial charge in [0.15, 0.2) is 0 Å². The van der Waals surface area contributed by atoms with Gasteiger partial charge in [-0.3, -0.25) is 4.79 Å². The second kappa shape index (κ2) is 10.5. The van der Waals surface area contributed by atoms with Gasteiger partial charge in [0.2, 0.25) is 5.91 Å². The Morgan fingerprint density at radius 1 is 1.09 bits per heavy atom. The zero-order valence-electron chi connectivity index (χ0n) is 20.5. The minimum absolute atomic E-state index is 0.0104. The largest absolute Gasteiger partial charge is 0.480 e. The lowest BCUT2D eigenvalue weighted by atomic mass is 9.88. The van der Waals surface area contributed by atoms with Crippen LogP contribution in [-0.2, 0) is 14.3 Å². The van der Waals surface area contributed by atoms with Gasteiger partial charge in [-0.2, -0.15) is 0 Å². The molecule has 1 saturated heterocycles. The van der Waals surface area contributed by atoms with Gasteiger partial charge >= 0.3 is 12.1 Å². The van der Waals surface area contributed by atoms with Crippen LogP contribution in [0.25, 0.3) is 11.1 Å². The van der Waals surface area contributed by atoms with E-state index in [0.29, 0.717) is 25.9 Å². The molecule has 1 heterocycles. The van der Waals surface area contributed by atoms with E-state index in [1.165, 1.54) is 27.2 Å². The highest BCUT2D eigenvalue weighted by Crippen LogP contribution is 2.44. The Morgan fingerprint density at radius 2 is 1.71 bits per heavy atom. The van der Waals surface area contributed by atoms with Crippen molar-refractivity contribution < 1.29 is 24.2 Å². The quantitative estimate of drug-likeness (QED) is 0.568. The molecule has 0 spiro atoms. The van der Waals surface area contributed by atoms with Crippen LogP contribution in [0.5, 0.6) is 0 Å². The average Bonchev–Trinajstić information content (AvgIpc) is 3.18. The van der Waals surface area contributed by atoms with E-state index in [2.05, 4.69) is 29.6 Å². The van der Waals surface area contributed by atoms with E-state index in [-0.39, 0.29) is 30.8 Å². The number of amides is 2. The molecule has 2 atom stereocenters. The summed E-state index contributed by atoms with van der Waals surface area (Å²) < 4.78 is 5.57. The minimum atomic E-state index is -1.13. The highest BCUT2D eigenvalue weighted by atomic mass is 16.5. The normalized spacial score (nSPS) is 20.0. The summed E-state index contributed by atoms with van der Waals surface area (Å²) in [6.07, 6.45) is 2.47. The van der Waals surface area contributed by atoms with Crippen molar-refractivity contribution in [1.82, 2.24) is 10.2 Å². The van der Waals surface area contributed by atoms with Gasteiger partial charge in [-0.1, -0.05) is 55.5 Å². The van der Waals surface area contributed by atoms with Crippen LogP contribution in [-0.4, -0.2) is 53.2 Å². The number of hydrogen-bond donors (Lipinski definition) is 2. The van der Waals surface area contributed by atoms with E-state index in [1.54, 1.807) is 6.92 Å². The van der Waals surface area contributed by atoms with E-state index in [0.717, 1.165) is 12.8 Å². The van der Waals surface area contributed by atoms with Gasteiger partial charge in [0.25, 0.3) is 0 Å². The first-order chi connectivity index (χ1) is 16.8. The number of alkyl carbamates (subject to hydrolysis) is 1. The Morgan fingerprint density at radius 3 is 2.34 bits per heavy atom. The number of carbonyl (C=O) groups is 3. The Hall–Kier alpha value is -3.35. The van der Waals surface area contributed by atoms with Crippen LogP contribution < -0.4 is 5.32 Å². The molecular weight excluding hydrogens is 444 g/mol. The van der Waals surface area contributed by atoms with Crippen molar-refractivity contribution in [2.24, 2.45) is 5.92 Å². The number of aliphatic carboxylic acids is 1. The molecule has 1 fully saturated rings. The van der Waals surface area contributed by atoms with Crippen LogP contribution in [0.2, 0.25) is 0 Å². The van der Waals surface area contributed by atoms with Crippen molar-refractivity contribution in [3.63, 3.8) is 0 Å². The summed E-state index contributed by atoms with van der Waals surface area (Å²) >= 11 is 0. The van der Waals surface area contributed by atoms with E-state index in [9.17, 15) is 19.5 Å². The van der Waals surface area contributed by atoms with Gasteiger partial charge in [-0.25, -0.2) is 9.59 Å². The molecule has 0 saturated carbocycles. The molecular formula is C28H34N2O5. The van der Waals surface area contributed by atoms with Crippen molar-refractivity contribution in [2.75, 3.05) is 19.7 Å². The highest BCUT2D eigenvalue weighted by molar-refractivity contribution is 5.87. The van der Waals surface area contributed by atoms with Gasteiger partial charge in [0, 0.05) is 25.4 Å². The molecule has 186 valence electrons. The maximum absolute atomic E-state index is 12.8. The summed E-state index contributed by atoms with van der Waals surface area (Å²) in [5.74, 6) is -1.02. The SMILES string of the molecule is CC(CCC(=O)N1CCCCC1(C)C(=O)O)CNC(=O)OCC1c2ccccc2-c2ccccc21. The van der Waals surface area contributed by atoms with Gasteiger partial charge in [0.05, 0.1) is 0 Å². The lowest BCUT2D eigenvalue weighted by Crippen LogP contribution is -2.57. The number of carbonyl (C=O) groups excluding carboxylic acids is 2. The smallest absolute Gasteiger partial charge is 0.407 e. The van der Waals surface area contributed by atoms with Crippen molar-refractivity contribution in [1.29, 1.82) is 0 Å². The van der Waals surface area contributed by atoms with Crippen LogP contribution in [0, 0.1) is 5.92 Å². The summed E-state index contributed by atoms with van der Waals surface area (Å²) in [5.41, 5.74) is 3.57. The zero-order valence-corrected chi connectivity index (χ0v) is 20.5. The number of fused-ring (bicyclic) bond motifs is 3. The van der Waals surface area contributed by atoms with Crippen molar-refractivity contribution >= 4 is 18.0 Å². The summed E-state index contributed by atoms with van der Waals surface area (Å²) in [5, 5.41) is 12.4. The van der Waals surface area contributed by atoms with Crippen molar-refractivity contribution in [2.45, 2.75) is 57.4 Å². The predicted octanol–water partition coefficient (Wildman–Crippen LogP) is 4.80. The van der Waals surface area contributed by atoms with Crippen molar-refractivity contribution in [3.05, 3.63) is 59.7 Å². The molecule has 7 heteroatoms. The number of hydrogen-bond acceptors (Lipinski definition) is 4. The Balaban J connectivity index is 1.24. The number of nitrogens with zero attached hydrogens (tertiary/aromatic N) is 1. The molecule has 0 radical (unpaired) electrons. The first-order valence-electron chi connectivity index (χ1n) is 12.4. The number of rotatable bonds is 8. The van der Waals surface area contributed by atoms with Gasteiger partial charge in [-0.15, -0.1) is 0 Å². The number of benzene rings is 2. The Kier molecular flexibility index (Phi) is 7.43. The number of piperidine rings is 1. The number of likely N-dealkylation sites (tertiary alicyclic amines) is 1. The first kappa shape index (κ1) is 24.8. The standard InChI is InChI=1S/C28H34N2O5/c1-19(13-14-25(31)30-16-8-7-15-28(30,2)26(32)33)17-29-27(34)35-18-24-22-11-5-3-9-20(22)21-10-4-6-12-23(21)24/h3-6,9-12,19,24H,7-8,13-18H2,1-2H3,(H,29,34)(H,32,33). The number of carboxylic acid groups (broad SMARTS) is 1. The second-order valence-electron chi connectivity index (χ2n) is 9.93. The van der Waals surface area contributed by atoms with Crippen LogP contribution in [0.1, 0.15) is 63.0 Å². The lowest BCUT2D eigenvalue weighted by molar-refractivity contribution is -0.161. The molecule has 4 rings (SSSR count). The summed E-state index contributed by atoms with van der Waals surface area (Å²) in [7, 11) is 0. The molecule has 1 aliphatic carbocycles. The summed E-state index contributed by atoms with van der Waals surface area (Å²) in [6.45, 7) is 4.72. The average molecular weight is 479 g/mol. The van der Waals surface area contributed by atoms with Gasteiger partial charge in [-0.05, 0) is 60.8 Å². The fourth-order valence-electron chi connectivity index (χ4n) is 5.26. The third kappa shape index (κ3) is 5.19. The van der Waals surface area contributed by atoms with Gasteiger partial charge < -0.3 is 20.1 Å². The lowest BCUT2D eigenvalue weighted by Gasteiger charge is -2.41. The summed E-state index contributed by atoms with van der Waals surface area (Å²) in [6, 6.07) is 16.4. The highest BCUT2D eigenvalue weighted by Gasteiger charge is 2.43. The monoisotopic (exact) mass is 478 g/mol. The third-order valence-electron chi connectivity index (χ3n) is 7.44. The van der Waals surface area contributed by atoms with Crippen LogP contribution >= 0.6 is 0 Å². The molecule has 2 amide bonds. The van der Waals surface area contributed by atoms with Crippen LogP contribution in [0.3, 0.4) is 0 Å². The van der Waals surface area contributed by atoms with E-state index >= 15 is 0 Å². The molecule has 0 aromatic heterocycles. The number of nitrogens with one attached hydrogen (secondary N) is 1. The van der Waals surface area contributed by atoms with E-state index < -0.39 is 17.6 Å². The molecule has 0 bridgehead atoms. The number of ether oxygens (including phenoxy) is 1. The number of carboxylic acids is 1. The van der Waals surface area contributed by atoms with Crippen LogP contribution in [0.15, 0.2) is 48.5 Å². The van der Waals surface area contributed by atoms with E-state index in [4.69, 9.17) is 4.74 Å². The summed E-state index contributed by atoms with van der Waals surface area (Å²) in [4.78, 5) is 38.4. The molecule has 2 N–H and O–H groups in total. The topological polar surface area (TPSA) is 95.9 Å². The molecule has 2 unspecified atom stereocenters. The molecule has 1 aliphatic heterocycles. The zero-order chi connectivity index (χ0) is 25.0. The van der Waals surface area contributed by atoms with E-state index in [1.807, 2.05) is 31.2 Å². The molecule has 7 nitrogen and oxygen atoms in total. The molecule has 2 aliphatic rings. The van der Waals surface area contributed by atoms with Gasteiger partial charge in [0.1, 0.15) is 12.1 Å². The first-order valence-corrected chi connectivity index (χ1v) is 12.4. The fourth-order valence-corrected chi connectivity index (χ4v) is 5.26. The molecule has 2 aromatic rings. The second-order valence-corrected chi connectivity index (χ2v) is 9.93. The maximum atomic E-state index is 12.8. The molecule has 35 heavy (non-hydrogen) atoms. The van der Waals surface area contributed by atoms with Crippen molar-refractivity contribution in [3.8, 4) is 11.1 Å². The predicted molar refractivity (Wildman–Crippen MR) is 133 cm³/mol.